The van der Waals surface area contributed by atoms with Gasteiger partial charge >= 0.3 is 0 Å². The number of thioether (sulfide) groups is 1. The summed E-state index contributed by atoms with van der Waals surface area (Å²) >= 11 is 3.18. The van der Waals surface area contributed by atoms with Crippen LogP contribution in [0.2, 0.25) is 0 Å². The maximum atomic E-state index is 11.4. The summed E-state index contributed by atoms with van der Waals surface area (Å²) in [7, 11) is 0. The van der Waals surface area contributed by atoms with Crippen molar-refractivity contribution in [1.82, 2.24) is 4.98 Å². The van der Waals surface area contributed by atoms with Gasteiger partial charge in [0.2, 0.25) is 0 Å². The fourth-order valence-corrected chi connectivity index (χ4v) is 2.96. The number of nitrogens with zero attached hydrogens (tertiary/aromatic N) is 1. The van der Waals surface area contributed by atoms with Crippen molar-refractivity contribution in [3.05, 3.63) is 34.8 Å². The maximum absolute atomic E-state index is 11.4. The lowest BCUT2D eigenvalue weighted by Gasteiger charge is -1.98. The van der Waals surface area contributed by atoms with E-state index < -0.39 is 0 Å². The Bertz CT molecular complexity index is 543. The number of ketones is 1. The molecule has 0 atom stereocenters. The highest BCUT2D eigenvalue weighted by molar-refractivity contribution is 7.98. The fraction of sp³-hybridized carbons (Fsp3) is 0.231. The molecule has 0 N–H and O–H groups in total. The van der Waals surface area contributed by atoms with E-state index in [1.54, 1.807) is 18.7 Å². The highest BCUT2D eigenvalue weighted by atomic mass is 32.2. The number of hydrogen-bond acceptors (Lipinski definition) is 4. The molecule has 0 aliphatic heterocycles. The smallest absolute Gasteiger partial charge is 0.171 e. The van der Waals surface area contributed by atoms with Crippen LogP contribution < -0.4 is 0 Å². The van der Waals surface area contributed by atoms with E-state index in [1.165, 1.54) is 16.2 Å². The van der Waals surface area contributed by atoms with Crippen molar-refractivity contribution in [2.24, 2.45) is 0 Å². The predicted molar refractivity (Wildman–Crippen MR) is 74.1 cm³/mol. The molecule has 0 saturated heterocycles. The number of aromatic nitrogens is 1. The van der Waals surface area contributed by atoms with E-state index in [2.05, 4.69) is 23.4 Å². The van der Waals surface area contributed by atoms with Crippen LogP contribution in [0.25, 0.3) is 10.6 Å². The lowest BCUT2D eigenvalue weighted by molar-refractivity contribution is 0.102. The first-order valence-corrected chi connectivity index (χ1v) is 7.28. The first-order valence-electron chi connectivity index (χ1n) is 5.24. The van der Waals surface area contributed by atoms with Gasteiger partial charge in [0.05, 0.1) is 10.6 Å². The highest BCUT2D eigenvalue weighted by Crippen LogP contribution is 2.29. The number of rotatable bonds is 3. The molecule has 1 aromatic carbocycles. The minimum Gasteiger partial charge on any atom is -0.294 e. The summed E-state index contributed by atoms with van der Waals surface area (Å²) in [6, 6.07) is 8.25. The zero-order valence-electron chi connectivity index (χ0n) is 9.98. The Labute approximate surface area is 109 Å². The van der Waals surface area contributed by atoms with Crippen molar-refractivity contribution in [2.75, 3.05) is 6.26 Å². The zero-order chi connectivity index (χ0) is 12.4. The van der Waals surface area contributed by atoms with Crippen molar-refractivity contribution < 1.29 is 4.79 Å². The average Bonchev–Trinajstić information content (AvgIpc) is 2.71. The van der Waals surface area contributed by atoms with E-state index in [1.807, 2.05) is 19.1 Å². The molecule has 1 heterocycles. The van der Waals surface area contributed by atoms with E-state index in [0.29, 0.717) is 0 Å². The van der Waals surface area contributed by atoms with Gasteiger partial charge in [-0.15, -0.1) is 23.1 Å². The van der Waals surface area contributed by atoms with Gasteiger partial charge in [0, 0.05) is 17.4 Å². The topological polar surface area (TPSA) is 30.0 Å². The molecule has 4 heteroatoms. The molecule has 0 fully saturated rings. The molecule has 0 bridgehead atoms. The molecule has 2 aromatic rings. The Morgan fingerprint density at radius 3 is 2.41 bits per heavy atom. The standard InChI is InChI=1S/C13H13NOS2/c1-8-12(9(2)15)17-13(14-8)10-4-6-11(16-3)7-5-10/h4-7H,1-3H3. The molecular weight excluding hydrogens is 250 g/mol. The second-order valence-electron chi connectivity index (χ2n) is 3.72. The van der Waals surface area contributed by atoms with Crippen LogP contribution in [0, 0.1) is 6.92 Å². The number of aryl methyl sites for hydroxylation is 1. The van der Waals surface area contributed by atoms with Crippen molar-refractivity contribution in [3.8, 4) is 10.6 Å². The second kappa shape index (κ2) is 5.02. The van der Waals surface area contributed by atoms with E-state index in [-0.39, 0.29) is 5.78 Å². The van der Waals surface area contributed by atoms with Gasteiger partial charge in [-0.3, -0.25) is 4.79 Å². The molecule has 17 heavy (non-hydrogen) atoms. The molecule has 0 aliphatic rings. The van der Waals surface area contributed by atoms with Gasteiger partial charge in [0.1, 0.15) is 5.01 Å². The normalized spacial score (nSPS) is 10.5. The largest absolute Gasteiger partial charge is 0.294 e. The van der Waals surface area contributed by atoms with E-state index in [9.17, 15) is 4.79 Å². The monoisotopic (exact) mass is 263 g/mol. The molecule has 0 saturated carbocycles. The SMILES string of the molecule is CSc1ccc(-c2nc(C)c(C(C)=O)s2)cc1. The summed E-state index contributed by atoms with van der Waals surface area (Å²) < 4.78 is 0. The quantitative estimate of drug-likeness (QED) is 0.618. The van der Waals surface area contributed by atoms with Gasteiger partial charge in [-0.1, -0.05) is 12.1 Å². The Hall–Kier alpha value is -1.13. The van der Waals surface area contributed by atoms with Crippen molar-refractivity contribution in [1.29, 1.82) is 0 Å². The first-order chi connectivity index (χ1) is 8.11. The van der Waals surface area contributed by atoms with Crippen LogP contribution in [0.4, 0.5) is 0 Å². The third-order valence-corrected chi connectivity index (χ3v) is 4.50. The van der Waals surface area contributed by atoms with Crippen LogP contribution in [0.5, 0.6) is 0 Å². The van der Waals surface area contributed by atoms with Gasteiger partial charge < -0.3 is 0 Å². The molecule has 0 aliphatic carbocycles. The Morgan fingerprint density at radius 2 is 1.94 bits per heavy atom. The molecule has 0 amide bonds. The van der Waals surface area contributed by atoms with E-state index >= 15 is 0 Å². The molecule has 2 nitrogen and oxygen atoms in total. The van der Waals surface area contributed by atoms with E-state index in [0.717, 1.165) is 21.1 Å². The first kappa shape index (κ1) is 12.3. The van der Waals surface area contributed by atoms with Crippen LogP contribution in [0.3, 0.4) is 0 Å². The third kappa shape index (κ3) is 2.58. The summed E-state index contributed by atoms with van der Waals surface area (Å²) in [5.41, 5.74) is 1.90. The van der Waals surface area contributed by atoms with E-state index in [4.69, 9.17) is 0 Å². The number of Topliss-reactive ketones (excluding diaryl/α,β-unsaturated/α-hetero) is 1. The predicted octanol–water partition coefficient (Wildman–Crippen LogP) is 4.04. The zero-order valence-corrected chi connectivity index (χ0v) is 11.6. The third-order valence-electron chi connectivity index (χ3n) is 2.45. The van der Waals surface area contributed by atoms with Crippen molar-refractivity contribution >= 4 is 28.9 Å². The molecule has 1 aromatic heterocycles. The average molecular weight is 263 g/mol. The van der Waals surface area contributed by atoms with Crippen molar-refractivity contribution in [2.45, 2.75) is 18.7 Å². The van der Waals surface area contributed by atoms with Crippen molar-refractivity contribution in [3.63, 3.8) is 0 Å². The second-order valence-corrected chi connectivity index (χ2v) is 5.60. The molecule has 88 valence electrons. The van der Waals surface area contributed by atoms with Gasteiger partial charge in [-0.25, -0.2) is 4.98 Å². The summed E-state index contributed by atoms with van der Waals surface area (Å²) in [6.45, 7) is 3.47. The van der Waals surface area contributed by atoms with Crippen LogP contribution in [0.1, 0.15) is 22.3 Å². The van der Waals surface area contributed by atoms with Gasteiger partial charge in [0.25, 0.3) is 0 Å². The Morgan fingerprint density at radius 1 is 1.29 bits per heavy atom. The molecule has 0 radical (unpaired) electrons. The maximum Gasteiger partial charge on any atom is 0.171 e. The highest BCUT2D eigenvalue weighted by Gasteiger charge is 2.12. The molecule has 0 unspecified atom stereocenters. The Balaban J connectivity index is 2.39. The Kier molecular flexibility index (Phi) is 3.64. The summed E-state index contributed by atoms with van der Waals surface area (Å²) in [5.74, 6) is 0.0898. The molecule has 0 spiro atoms. The van der Waals surface area contributed by atoms with Crippen LogP contribution >= 0.6 is 23.1 Å². The number of hydrogen-bond donors (Lipinski definition) is 0. The molecular formula is C13H13NOS2. The summed E-state index contributed by atoms with van der Waals surface area (Å²) in [5, 5.41) is 0.917. The van der Waals surface area contributed by atoms with Gasteiger partial charge in [-0.05, 0) is 25.3 Å². The number of thiazole rings is 1. The number of carbonyl (C=O) groups is 1. The van der Waals surface area contributed by atoms with Crippen LogP contribution in [0.15, 0.2) is 29.2 Å². The summed E-state index contributed by atoms with van der Waals surface area (Å²) in [4.78, 5) is 17.8. The number of benzene rings is 1. The number of carbonyl (C=O) groups excluding carboxylic acids is 1. The minimum atomic E-state index is 0.0898. The van der Waals surface area contributed by atoms with Crippen LogP contribution in [-0.2, 0) is 0 Å². The lowest BCUT2D eigenvalue weighted by Crippen LogP contribution is -1.89. The minimum absolute atomic E-state index is 0.0898. The van der Waals surface area contributed by atoms with Crippen LogP contribution in [-0.4, -0.2) is 17.0 Å². The van der Waals surface area contributed by atoms with Gasteiger partial charge in [0.15, 0.2) is 5.78 Å². The molecule has 2 rings (SSSR count). The van der Waals surface area contributed by atoms with Gasteiger partial charge in [-0.2, -0.15) is 0 Å². The summed E-state index contributed by atoms with van der Waals surface area (Å²) in [6.07, 6.45) is 2.05. The fourth-order valence-electron chi connectivity index (χ4n) is 1.58. The lowest BCUT2D eigenvalue weighted by atomic mass is 10.2.